The fourth-order valence-corrected chi connectivity index (χ4v) is 0.573. The molecule has 0 heterocycles. The molecule has 0 amide bonds. The molecule has 0 saturated heterocycles. The summed E-state index contributed by atoms with van der Waals surface area (Å²) >= 11 is 0. The van der Waals surface area contributed by atoms with Gasteiger partial charge in [-0.05, 0) is 0 Å². The number of hydrogen-bond acceptors (Lipinski definition) is 6. The van der Waals surface area contributed by atoms with E-state index in [-0.39, 0.29) is 0 Å². The van der Waals surface area contributed by atoms with E-state index in [2.05, 4.69) is 0 Å². The summed E-state index contributed by atoms with van der Waals surface area (Å²) in [5, 5.41) is 42.5. The first-order valence-electron chi connectivity index (χ1n) is 3.33. The number of aliphatic hydroxyl groups is 4. The highest BCUT2D eigenvalue weighted by atomic mass is 16.4. The zero-order valence-corrected chi connectivity index (χ0v) is 6.49. The van der Waals surface area contributed by atoms with Crippen LogP contribution in [0.1, 0.15) is 0 Å². The Bertz CT molecular complexity index is 201. The molecule has 0 saturated carbocycles. The molecule has 76 valence electrons. The summed E-state index contributed by atoms with van der Waals surface area (Å²) in [4.78, 5) is 20.8. The fourth-order valence-electron chi connectivity index (χ4n) is 0.573. The first kappa shape index (κ1) is 12.0. The molecule has 0 radical (unpaired) electrons. The van der Waals surface area contributed by atoms with Crippen molar-refractivity contribution in [1.29, 1.82) is 0 Å². The van der Waals surface area contributed by atoms with Crippen LogP contribution in [0.15, 0.2) is 0 Å². The number of Topliss-reactive ketones (excluding diaryl/α,β-unsaturated/α-hetero) is 1. The largest absolute Gasteiger partial charge is 0.479 e. The maximum Gasteiger partial charge on any atom is 0.340 e. The number of aliphatic hydroxyl groups excluding tert-OH is 4. The number of carboxylic acids is 1. The van der Waals surface area contributed by atoms with Gasteiger partial charge in [0.15, 0.2) is 0 Å². The summed E-state index contributed by atoms with van der Waals surface area (Å²) in [5.74, 6) is -3.29. The van der Waals surface area contributed by atoms with Crippen molar-refractivity contribution in [3.05, 3.63) is 0 Å². The van der Waals surface area contributed by atoms with Crippen LogP contribution >= 0.6 is 0 Å². The standard InChI is InChI=1S/C6H10O7/c7-1-2(8)3(9)4(10)5(11)6(12)13/h2-3,5,7-9,11H,1H2,(H,12,13). The highest BCUT2D eigenvalue weighted by Gasteiger charge is 2.33. The van der Waals surface area contributed by atoms with Gasteiger partial charge in [-0.1, -0.05) is 0 Å². The van der Waals surface area contributed by atoms with Crippen LogP contribution in [0.3, 0.4) is 0 Å². The molecule has 0 spiro atoms. The van der Waals surface area contributed by atoms with Crippen LogP contribution in [0.4, 0.5) is 0 Å². The highest BCUT2D eigenvalue weighted by Crippen LogP contribution is 1.99. The minimum Gasteiger partial charge on any atom is -0.479 e. The summed E-state index contributed by atoms with van der Waals surface area (Å²) in [6.45, 7) is -0.904. The van der Waals surface area contributed by atoms with Gasteiger partial charge in [0.05, 0.1) is 6.61 Å². The third-order valence-electron chi connectivity index (χ3n) is 1.35. The lowest BCUT2D eigenvalue weighted by Gasteiger charge is -2.15. The second-order valence-electron chi connectivity index (χ2n) is 2.34. The maximum absolute atomic E-state index is 10.7. The maximum atomic E-state index is 10.7. The van der Waals surface area contributed by atoms with E-state index in [0.717, 1.165) is 0 Å². The molecule has 0 aliphatic carbocycles. The van der Waals surface area contributed by atoms with E-state index in [9.17, 15) is 9.59 Å². The van der Waals surface area contributed by atoms with E-state index in [1.165, 1.54) is 0 Å². The predicted octanol–water partition coefficient (Wildman–Crippen LogP) is -3.28. The third-order valence-corrected chi connectivity index (χ3v) is 1.35. The van der Waals surface area contributed by atoms with Gasteiger partial charge >= 0.3 is 5.97 Å². The van der Waals surface area contributed by atoms with E-state index in [1.54, 1.807) is 0 Å². The van der Waals surface area contributed by atoms with Gasteiger partial charge in [-0.2, -0.15) is 0 Å². The Morgan fingerprint density at radius 1 is 1.15 bits per heavy atom. The minimum absolute atomic E-state index is 0.904. The van der Waals surface area contributed by atoms with Gasteiger partial charge in [-0.25, -0.2) is 4.79 Å². The molecule has 3 unspecified atom stereocenters. The first-order chi connectivity index (χ1) is 5.91. The average Bonchev–Trinajstić information content (AvgIpc) is 2.12. The molecule has 7 heteroatoms. The lowest BCUT2D eigenvalue weighted by atomic mass is 10.1. The lowest BCUT2D eigenvalue weighted by Crippen LogP contribution is -2.45. The van der Waals surface area contributed by atoms with Crippen LogP contribution < -0.4 is 0 Å². The Morgan fingerprint density at radius 3 is 1.92 bits per heavy atom. The van der Waals surface area contributed by atoms with Gasteiger partial charge in [0.2, 0.25) is 11.9 Å². The van der Waals surface area contributed by atoms with Crippen molar-refractivity contribution < 1.29 is 35.1 Å². The SMILES string of the molecule is O=C(O)C(O)C(=O)C(O)C(O)CO. The fraction of sp³-hybridized carbons (Fsp3) is 0.667. The molecule has 0 aromatic heterocycles. The molecule has 13 heavy (non-hydrogen) atoms. The van der Waals surface area contributed by atoms with E-state index < -0.39 is 36.7 Å². The topological polar surface area (TPSA) is 135 Å². The molecule has 0 aromatic rings. The molecule has 0 bridgehead atoms. The lowest BCUT2D eigenvalue weighted by molar-refractivity contribution is -0.158. The normalized spacial score (nSPS) is 17.5. The van der Waals surface area contributed by atoms with Crippen LogP contribution in [0.2, 0.25) is 0 Å². The number of hydrogen-bond donors (Lipinski definition) is 5. The summed E-state index contributed by atoms with van der Waals surface area (Å²) in [6, 6.07) is 0. The zero-order valence-electron chi connectivity index (χ0n) is 6.49. The van der Waals surface area contributed by atoms with E-state index in [0.29, 0.717) is 0 Å². The van der Waals surface area contributed by atoms with Crippen molar-refractivity contribution in [1.82, 2.24) is 0 Å². The van der Waals surface area contributed by atoms with Crippen molar-refractivity contribution in [2.75, 3.05) is 6.61 Å². The van der Waals surface area contributed by atoms with E-state index >= 15 is 0 Å². The molecular formula is C6H10O7. The highest BCUT2D eigenvalue weighted by molar-refractivity contribution is 6.03. The average molecular weight is 194 g/mol. The second-order valence-corrected chi connectivity index (χ2v) is 2.34. The van der Waals surface area contributed by atoms with Crippen molar-refractivity contribution in [3.8, 4) is 0 Å². The first-order valence-corrected chi connectivity index (χ1v) is 3.33. The van der Waals surface area contributed by atoms with Gasteiger partial charge in [0.1, 0.15) is 12.2 Å². The smallest absolute Gasteiger partial charge is 0.340 e. The van der Waals surface area contributed by atoms with E-state index in [1.807, 2.05) is 0 Å². The quantitative estimate of drug-likeness (QED) is 0.289. The Balaban J connectivity index is 4.33. The minimum atomic E-state index is -2.39. The Hall–Kier alpha value is -1.02. The molecule has 0 aliphatic heterocycles. The Kier molecular flexibility index (Phi) is 4.49. The predicted molar refractivity (Wildman–Crippen MR) is 37.7 cm³/mol. The van der Waals surface area contributed by atoms with E-state index in [4.69, 9.17) is 25.5 Å². The van der Waals surface area contributed by atoms with Crippen LogP contribution in [0, 0.1) is 0 Å². The summed E-state index contributed by atoms with van der Waals surface area (Å²) in [5.41, 5.74) is 0. The van der Waals surface area contributed by atoms with Crippen molar-refractivity contribution in [2.24, 2.45) is 0 Å². The van der Waals surface area contributed by atoms with Crippen molar-refractivity contribution in [3.63, 3.8) is 0 Å². The van der Waals surface area contributed by atoms with Crippen molar-refractivity contribution >= 4 is 11.8 Å². The van der Waals surface area contributed by atoms with Gasteiger partial charge in [0, 0.05) is 0 Å². The van der Waals surface area contributed by atoms with Crippen LogP contribution in [-0.4, -0.2) is 62.2 Å². The van der Waals surface area contributed by atoms with Crippen LogP contribution in [0.5, 0.6) is 0 Å². The number of carbonyl (C=O) groups is 2. The third kappa shape index (κ3) is 3.07. The molecule has 0 aromatic carbocycles. The summed E-state index contributed by atoms with van der Waals surface area (Å²) in [7, 11) is 0. The Morgan fingerprint density at radius 2 is 1.62 bits per heavy atom. The molecule has 0 aliphatic rings. The molecule has 0 rings (SSSR count). The summed E-state index contributed by atoms with van der Waals surface area (Å²) < 4.78 is 0. The van der Waals surface area contributed by atoms with Crippen LogP contribution in [-0.2, 0) is 9.59 Å². The second kappa shape index (κ2) is 4.87. The number of carbonyl (C=O) groups excluding carboxylic acids is 1. The van der Waals surface area contributed by atoms with Crippen LogP contribution in [0.25, 0.3) is 0 Å². The number of aliphatic carboxylic acids is 1. The van der Waals surface area contributed by atoms with Gasteiger partial charge in [-0.15, -0.1) is 0 Å². The molecular weight excluding hydrogens is 184 g/mol. The molecule has 0 fully saturated rings. The number of rotatable bonds is 5. The van der Waals surface area contributed by atoms with Crippen molar-refractivity contribution in [2.45, 2.75) is 18.3 Å². The zero-order chi connectivity index (χ0) is 10.6. The monoisotopic (exact) mass is 194 g/mol. The van der Waals surface area contributed by atoms with Gasteiger partial charge < -0.3 is 25.5 Å². The number of carboxylic acid groups (broad SMARTS) is 1. The summed E-state index contributed by atoms with van der Waals surface area (Å²) in [6.07, 6.45) is -6.28. The Labute approximate surface area is 72.9 Å². The van der Waals surface area contributed by atoms with Gasteiger partial charge in [0.25, 0.3) is 0 Å². The van der Waals surface area contributed by atoms with Gasteiger partial charge in [-0.3, -0.25) is 4.79 Å². The number of ketones is 1. The molecule has 5 N–H and O–H groups in total. The molecule has 7 nitrogen and oxygen atoms in total. The molecule has 3 atom stereocenters.